The van der Waals surface area contributed by atoms with Crippen molar-refractivity contribution in [2.75, 3.05) is 39.4 Å². The molecule has 3 aromatic rings. The number of nitrogens with zero attached hydrogens (tertiary/aromatic N) is 4. The molecule has 1 fully saturated rings. The average molecular weight is 502 g/mol. The van der Waals surface area contributed by atoms with Gasteiger partial charge >= 0.3 is 0 Å². The Labute approximate surface area is 194 Å². The molecule has 4 rings (SSSR count). The number of halogens is 2. The number of aromatic nitrogens is 3. The highest BCUT2D eigenvalue weighted by molar-refractivity contribution is 9.10. The summed E-state index contributed by atoms with van der Waals surface area (Å²) >= 11 is 3.38. The summed E-state index contributed by atoms with van der Waals surface area (Å²) in [5.74, 6) is -0.393. The second-order valence-corrected chi connectivity index (χ2v) is 8.63. The van der Waals surface area contributed by atoms with Crippen LogP contribution in [-0.4, -0.2) is 65.2 Å². The molecule has 2 aromatic carbocycles. The first kappa shape index (κ1) is 22.6. The Morgan fingerprint density at radius 2 is 2.03 bits per heavy atom. The van der Waals surface area contributed by atoms with Gasteiger partial charge in [0.2, 0.25) is 0 Å². The van der Waals surface area contributed by atoms with E-state index in [1.807, 2.05) is 31.3 Å². The highest BCUT2D eigenvalue weighted by atomic mass is 79.9. The van der Waals surface area contributed by atoms with Gasteiger partial charge in [0.25, 0.3) is 5.91 Å². The average Bonchev–Trinajstić information content (AvgIpc) is 3.25. The molecule has 1 aromatic heterocycles. The van der Waals surface area contributed by atoms with Gasteiger partial charge in [0.15, 0.2) is 0 Å². The van der Waals surface area contributed by atoms with Crippen molar-refractivity contribution in [3.05, 3.63) is 69.6 Å². The number of aryl methyl sites for hydroxylation is 1. The molecule has 1 aliphatic rings. The minimum Gasteiger partial charge on any atom is -0.379 e. The van der Waals surface area contributed by atoms with E-state index in [0.29, 0.717) is 28.8 Å². The van der Waals surface area contributed by atoms with Crippen molar-refractivity contribution in [2.24, 2.45) is 0 Å². The maximum atomic E-state index is 13.3. The Morgan fingerprint density at radius 1 is 1.22 bits per heavy atom. The predicted octanol–water partition coefficient (Wildman–Crippen LogP) is 3.27. The Kier molecular flexibility index (Phi) is 7.29. The molecule has 9 heteroatoms. The van der Waals surface area contributed by atoms with E-state index in [4.69, 9.17) is 4.74 Å². The van der Waals surface area contributed by atoms with Crippen LogP contribution >= 0.6 is 15.9 Å². The van der Waals surface area contributed by atoms with Gasteiger partial charge in [-0.05, 0) is 36.2 Å². The molecule has 2 heterocycles. The Morgan fingerprint density at radius 3 is 2.81 bits per heavy atom. The number of morpholine rings is 1. The van der Waals surface area contributed by atoms with E-state index < -0.39 is 0 Å². The molecule has 1 N–H and O–H groups in total. The van der Waals surface area contributed by atoms with Gasteiger partial charge in [-0.2, -0.15) is 0 Å². The van der Waals surface area contributed by atoms with Gasteiger partial charge in [0.1, 0.15) is 11.5 Å². The first-order valence-electron chi connectivity index (χ1n) is 10.5. The number of carbonyl (C=O) groups excluding carboxylic acids is 1. The van der Waals surface area contributed by atoms with Gasteiger partial charge in [-0.1, -0.05) is 39.3 Å². The Balaban J connectivity index is 1.42. The van der Waals surface area contributed by atoms with Gasteiger partial charge in [-0.15, -0.1) is 5.10 Å². The topological polar surface area (TPSA) is 72.3 Å². The quantitative estimate of drug-likeness (QED) is 0.537. The first-order valence-corrected chi connectivity index (χ1v) is 11.3. The molecule has 32 heavy (non-hydrogen) atoms. The van der Waals surface area contributed by atoms with Gasteiger partial charge < -0.3 is 10.1 Å². The zero-order valence-electron chi connectivity index (χ0n) is 17.9. The van der Waals surface area contributed by atoms with E-state index in [9.17, 15) is 9.18 Å². The van der Waals surface area contributed by atoms with E-state index in [-0.39, 0.29) is 11.7 Å². The van der Waals surface area contributed by atoms with E-state index in [1.165, 1.54) is 12.1 Å². The second kappa shape index (κ2) is 10.3. The lowest BCUT2D eigenvalue weighted by Crippen LogP contribution is -2.41. The monoisotopic (exact) mass is 501 g/mol. The van der Waals surface area contributed by atoms with Gasteiger partial charge in [0.05, 0.1) is 26.0 Å². The summed E-state index contributed by atoms with van der Waals surface area (Å²) in [5, 5.41) is 11.5. The fraction of sp³-hybridized carbons (Fsp3) is 0.348. The van der Waals surface area contributed by atoms with Crippen LogP contribution < -0.4 is 5.32 Å². The van der Waals surface area contributed by atoms with Crippen LogP contribution in [0.4, 0.5) is 4.39 Å². The normalized spacial score (nSPS) is 14.5. The number of nitrogens with one attached hydrogen (secondary N) is 1. The van der Waals surface area contributed by atoms with Crippen molar-refractivity contribution in [1.29, 1.82) is 0 Å². The highest BCUT2D eigenvalue weighted by Gasteiger charge is 2.14. The zero-order chi connectivity index (χ0) is 22.5. The first-order chi connectivity index (χ1) is 15.5. The lowest BCUT2D eigenvalue weighted by molar-refractivity contribution is 0.0383. The van der Waals surface area contributed by atoms with Gasteiger partial charge in [0, 0.05) is 41.8 Å². The van der Waals surface area contributed by atoms with Crippen LogP contribution in [0, 0.1) is 12.7 Å². The number of ether oxygens (including phenoxy) is 1. The molecule has 1 aliphatic heterocycles. The summed E-state index contributed by atoms with van der Waals surface area (Å²) in [6.07, 6.45) is 1.82. The highest BCUT2D eigenvalue weighted by Crippen LogP contribution is 2.22. The largest absolute Gasteiger partial charge is 0.379 e. The van der Waals surface area contributed by atoms with Crippen LogP contribution in [0.5, 0.6) is 0 Å². The fourth-order valence-electron chi connectivity index (χ4n) is 3.61. The van der Waals surface area contributed by atoms with E-state index in [1.54, 1.807) is 10.7 Å². The molecule has 1 amide bonds. The number of amides is 1. The molecule has 168 valence electrons. The van der Waals surface area contributed by atoms with Crippen molar-refractivity contribution in [3.8, 4) is 11.3 Å². The summed E-state index contributed by atoms with van der Waals surface area (Å²) in [5.41, 5.74) is 3.91. The predicted molar refractivity (Wildman–Crippen MR) is 123 cm³/mol. The molecule has 1 saturated heterocycles. The van der Waals surface area contributed by atoms with Crippen molar-refractivity contribution < 1.29 is 13.9 Å². The van der Waals surface area contributed by atoms with Crippen LogP contribution in [0.1, 0.15) is 21.5 Å². The summed E-state index contributed by atoms with van der Waals surface area (Å²) < 4.78 is 21.0. The van der Waals surface area contributed by atoms with E-state index in [2.05, 4.69) is 36.5 Å². The lowest BCUT2D eigenvalue weighted by Gasteiger charge is -2.26. The third kappa shape index (κ3) is 5.59. The maximum absolute atomic E-state index is 13.3. The summed E-state index contributed by atoms with van der Waals surface area (Å²) in [7, 11) is 0. The van der Waals surface area contributed by atoms with Crippen LogP contribution in [0.3, 0.4) is 0 Å². The molecule has 0 atom stereocenters. The van der Waals surface area contributed by atoms with Crippen LogP contribution in [0.25, 0.3) is 11.3 Å². The second-order valence-electron chi connectivity index (χ2n) is 7.78. The fourth-order valence-corrected chi connectivity index (χ4v) is 4.08. The summed E-state index contributed by atoms with van der Waals surface area (Å²) in [6.45, 7) is 7.05. The van der Waals surface area contributed by atoms with Gasteiger partial charge in [-0.3, -0.25) is 9.69 Å². The number of rotatable bonds is 7. The maximum Gasteiger partial charge on any atom is 0.251 e. The van der Waals surface area contributed by atoms with Crippen molar-refractivity contribution >= 4 is 21.8 Å². The van der Waals surface area contributed by atoms with Crippen molar-refractivity contribution in [2.45, 2.75) is 13.5 Å². The molecule has 0 spiro atoms. The smallest absolute Gasteiger partial charge is 0.251 e. The third-order valence-corrected chi connectivity index (χ3v) is 6.22. The molecular formula is C23H25BrFN5O2. The summed E-state index contributed by atoms with van der Waals surface area (Å²) in [6, 6.07) is 10.3. The Hall–Kier alpha value is -2.62. The number of benzene rings is 2. The van der Waals surface area contributed by atoms with Gasteiger partial charge in [-0.25, -0.2) is 9.07 Å². The Bertz CT molecular complexity index is 1100. The van der Waals surface area contributed by atoms with Crippen molar-refractivity contribution in [1.82, 2.24) is 25.2 Å². The summed E-state index contributed by atoms with van der Waals surface area (Å²) in [4.78, 5) is 15.1. The number of carbonyl (C=O) groups is 1. The minimum absolute atomic E-state index is 0.0970. The molecule has 0 radical (unpaired) electrons. The van der Waals surface area contributed by atoms with E-state index in [0.717, 1.165) is 49.5 Å². The molecule has 0 saturated carbocycles. The molecule has 7 nitrogen and oxygen atoms in total. The third-order valence-electron chi connectivity index (χ3n) is 5.48. The standard InChI is InChI=1S/C23H25BrFN5O2/c1-16-2-3-17(12-20(16)23(31)26-6-7-29-8-10-32-11-9-29)22-15-30(28-27-22)14-18-4-5-19(25)13-21(18)24/h2-5,12-13,15H,6-11,14H2,1H3,(H,26,31). The molecule has 0 aliphatic carbocycles. The number of hydrogen-bond donors (Lipinski definition) is 1. The van der Waals surface area contributed by atoms with Crippen LogP contribution in [0.2, 0.25) is 0 Å². The van der Waals surface area contributed by atoms with Crippen LogP contribution in [0.15, 0.2) is 47.1 Å². The molecule has 0 bridgehead atoms. The van der Waals surface area contributed by atoms with E-state index >= 15 is 0 Å². The molecule has 0 unspecified atom stereocenters. The SMILES string of the molecule is Cc1ccc(-c2cn(Cc3ccc(F)cc3Br)nn2)cc1C(=O)NCCN1CCOCC1. The minimum atomic E-state index is -0.296. The van der Waals surface area contributed by atoms with Crippen LogP contribution in [-0.2, 0) is 11.3 Å². The van der Waals surface area contributed by atoms with Crippen molar-refractivity contribution in [3.63, 3.8) is 0 Å². The number of hydrogen-bond acceptors (Lipinski definition) is 5. The molecular weight excluding hydrogens is 477 g/mol. The zero-order valence-corrected chi connectivity index (χ0v) is 19.4. The lowest BCUT2D eigenvalue weighted by atomic mass is 10.0.